The van der Waals surface area contributed by atoms with Crippen LogP contribution in [0, 0.1) is 32.6 Å². The lowest BCUT2D eigenvalue weighted by molar-refractivity contribution is -0.120. The standard InChI is InChI=1S/C20H22O4/c1-9-5-10(2)14(11(3)6-9)16-18(22)15-13-7-12(8-21)20(4,24-13)17(15)19(16)23/h5-7,13,15,17,21-22H,8H2,1-4H3/t13-,15-,17+,20+/m0/s1. The van der Waals surface area contributed by atoms with E-state index in [1.807, 2.05) is 45.9 Å². The highest BCUT2D eigenvalue weighted by Crippen LogP contribution is 2.58. The maximum Gasteiger partial charge on any atom is 0.174 e. The molecule has 0 spiro atoms. The molecule has 1 fully saturated rings. The molecule has 4 heteroatoms. The van der Waals surface area contributed by atoms with Gasteiger partial charge < -0.3 is 14.9 Å². The van der Waals surface area contributed by atoms with Crippen LogP contribution in [0.5, 0.6) is 0 Å². The summed E-state index contributed by atoms with van der Waals surface area (Å²) in [7, 11) is 0. The van der Waals surface area contributed by atoms with Crippen LogP contribution < -0.4 is 0 Å². The van der Waals surface area contributed by atoms with Crippen molar-refractivity contribution in [3.63, 3.8) is 0 Å². The number of hydrogen-bond acceptors (Lipinski definition) is 4. The van der Waals surface area contributed by atoms with E-state index in [1.54, 1.807) is 0 Å². The number of aryl methyl sites for hydroxylation is 3. The van der Waals surface area contributed by atoms with Gasteiger partial charge in [-0.1, -0.05) is 23.8 Å². The van der Waals surface area contributed by atoms with E-state index in [-0.39, 0.29) is 30.2 Å². The van der Waals surface area contributed by atoms with Gasteiger partial charge in [0.1, 0.15) is 11.4 Å². The molecule has 0 saturated carbocycles. The fourth-order valence-corrected chi connectivity index (χ4v) is 4.95. The van der Waals surface area contributed by atoms with Gasteiger partial charge in [0.05, 0.1) is 30.1 Å². The van der Waals surface area contributed by atoms with Gasteiger partial charge in [0, 0.05) is 0 Å². The largest absolute Gasteiger partial charge is 0.511 e. The Morgan fingerprint density at radius 3 is 2.42 bits per heavy atom. The van der Waals surface area contributed by atoms with Gasteiger partial charge in [0.2, 0.25) is 0 Å². The molecule has 24 heavy (non-hydrogen) atoms. The van der Waals surface area contributed by atoms with Crippen LogP contribution in [0.25, 0.3) is 5.57 Å². The number of rotatable bonds is 2. The summed E-state index contributed by atoms with van der Waals surface area (Å²) in [5.74, 6) is -0.726. The maximum absolute atomic E-state index is 13.2. The van der Waals surface area contributed by atoms with Crippen molar-refractivity contribution in [1.29, 1.82) is 0 Å². The van der Waals surface area contributed by atoms with Crippen molar-refractivity contribution in [2.45, 2.75) is 39.4 Å². The first-order valence-electron chi connectivity index (χ1n) is 8.35. The number of aliphatic hydroxyl groups is 2. The third-order valence-corrected chi connectivity index (χ3v) is 5.89. The van der Waals surface area contributed by atoms with Crippen LogP contribution in [-0.2, 0) is 9.53 Å². The van der Waals surface area contributed by atoms with Crippen molar-refractivity contribution in [1.82, 2.24) is 0 Å². The van der Waals surface area contributed by atoms with Crippen LogP contribution in [-0.4, -0.2) is 34.3 Å². The van der Waals surface area contributed by atoms with Gasteiger partial charge in [-0.25, -0.2) is 0 Å². The number of hydrogen-bond donors (Lipinski definition) is 2. The lowest BCUT2D eigenvalue weighted by atomic mass is 9.72. The second-order valence-corrected chi connectivity index (χ2v) is 7.44. The highest BCUT2D eigenvalue weighted by molar-refractivity contribution is 6.26. The van der Waals surface area contributed by atoms with E-state index in [4.69, 9.17) is 4.74 Å². The fourth-order valence-electron chi connectivity index (χ4n) is 4.95. The first kappa shape index (κ1) is 15.6. The van der Waals surface area contributed by atoms with Crippen LogP contribution in [0.2, 0.25) is 0 Å². The number of ketones is 1. The van der Waals surface area contributed by atoms with E-state index < -0.39 is 11.5 Å². The Morgan fingerprint density at radius 1 is 1.21 bits per heavy atom. The van der Waals surface area contributed by atoms with Crippen molar-refractivity contribution >= 4 is 11.4 Å². The Hall–Kier alpha value is -1.91. The number of carbonyl (C=O) groups is 1. The van der Waals surface area contributed by atoms with E-state index in [0.717, 1.165) is 27.8 Å². The summed E-state index contributed by atoms with van der Waals surface area (Å²) in [4.78, 5) is 13.2. The van der Waals surface area contributed by atoms with Gasteiger partial charge in [0.15, 0.2) is 5.78 Å². The van der Waals surface area contributed by atoms with Crippen LogP contribution in [0.15, 0.2) is 29.5 Å². The minimum Gasteiger partial charge on any atom is -0.511 e. The van der Waals surface area contributed by atoms with Crippen LogP contribution in [0.4, 0.5) is 0 Å². The Kier molecular flexibility index (Phi) is 3.12. The Morgan fingerprint density at radius 2 is 1.83 bits per heavy atom. The van der Waals surface area contributed by atoms with Crippen LogP contribution in [0.3, 0.4) is 0 Å². The van der Waals surface area contributed by atoms with Gasteiger partial charge in [-0.3, -0.25) is 4.79 Å². The van der Waals surface area contributed by atoms with E-state index in [2.05, 4.69) is 0 Å². The average Bonchev–Trinajstić information content (AvgIpc) is 3.07. The fraction of sp³-hybridized carbons (Fsp3) is 0.450. The second-order valence-electron chi connectivity index (χ2n) is 7.44. The van der Waals surface area contributed by atoms with Crippen molar-refractivity contribution in [2.24, 2.45) is 11.8 Å². The molecule has 2 aliphatic heterocycles. The summed E-state index contributed by atoms with van der Waals surface area (Å²) >= 11 is 0. The molecule has 2 heterocycles. The van der Waals surface area contributed by atoms with Gasteiger partial charge in [-0.2, -0.15) is 0 Å². The Bertz CT molecular complexity index is 809. The molecule has 1 aromatic carbocycles. The number of Topliss-reactive ketones (excluding diaryl/α,β-unsaturated/α-hetero) is 1. The number of benzene rings is 1. The van der Waals surface area contributed by atoms with Gasteiger partial charge in [-0.05, 0) is 50.0 Å². The molecule has 2 bridgehead atoms. The quantitative estimate of drug-likeness (QED) is 0.820. The number of fused-ring (bicyclic) bond motifs is 5. The Balaban J connectivity index is 1.87. The predicted octanol–water partition coefficient (Wildman–Crippen LogP) is 2.79. The molecule has 4 atom stereocenters. The maximum atomic E-state index is 13.2. The number of ether oxygens (including phenoxy) is 1. The lowest BCUT2D eigenvalue weighted by Gasteiger charge is -2.30. The molecule has 1 saturated heterocycles. The minimum absolute atomic E-state index is 0.0726. The minimum atomic E-state index is -0.816. The molecule has 2 N–H and O–H groups in total. The molecular weight excluding hydrogens is 304 g/mol. The Labute approximate surface area is 141 Å². The molecule has 4 nitrogen and oxygen atoms in total. The van der Waals surface area contributed by atoms with Gasteiger partial charge in [0.25, 0.3) is 0 Å². The highest BCUT2D eigenvalue weighted by atomic mass is 16.5. The SMILES string of the molecule is Cc1cc(C)c(C2=C(O)[C@H]3[C@@H]4C=C(CO)[C@@](C)(O4)[C@H]3C2=O)c(C)c1. The van der Waals surface area contributed by atoms with E-state index in [1.165, 1.54) is 0 Å². The van der Waals surface area contributed by atoms with Crippen molar-refractivity contribution in [2.75, 3.05) is 6.61 Å². The van der Waals surface area contributed by atoms with E-state index >= 15 is 0 Å². The summed E-state index contributed by atoms with van der Waals surface area (Å²) in [6, 6.07) is 4.07. The first-order chi connectivity index (χ1) is 11.3. The van der Waals surface area contributed by atoms with Gasteiger partial charge >= 0.3 is 0 Å². The summed E-state index contributed by atoms with van der Waals surface area (Å²) < 4.78 is 5.97. The normalized spacial score (nSPS) is 34.1. The van der Waals surface area contributed by atoms with Gasteiger partial charge in [-0.15, -0.1) is 0 Å². The second kappa shape index (κ2) is 4.80. The number of allylic oxidation sites excluding steroid dienone is 1. The lowest BCUT2D eigenvalue weighted by Crippen LogP contribution is -2.40. The molecule has 4 rings (SSSR count). The summed E-state index contributed by atoms with van der Waals surface area (Å²) in [5.41, 5.74) is 4.33. The zero-order valence-corrected chi connectivity index (χ0v) is 14.4. The summed E-state index contributed by atoms with van der Waals surface area (Å²) in [6.45, 7) is 7.70. The van der Waals surface area contributed by atoms with Crippen LogP contribution >= 0.6 is 0 Å². The first-order valence-corrected chi connectivity index (χ1v) is 8.35. The molecule has 1 aromatic rings. The molecule has 126 valence electrons. The number of carbonyl (C=O) groups excluding carboxylic acids is 1. The van der Waals surface area contributed by atoms with Crippen molar-refractivity contribution < 1.29 is 19.7 Å². The zero-order valence-electron chi connectivity index (χ0n) is 14.4. The molecule has 0 radical (unpaired) electrons. The average molecular weight is 326 g/mol. The molecule has 0 unspecified atom stereocenters. The van der Waals surface area contributed by atoms with Crippen molar-refractivity contribution in [3.05, 3.63) is 51.8 Å². The highest BCUT2D eigenvalue weighted by Gasteiger charge is 2.65. The summed E-state index contributed by atoms with van der Waals surface area (Å²) in [6.07, 6.45) is 1.53. The predicted molar refractivity (Wildman–Crippen MR) is 90.6 cm³/mol. The number of aliphatic hydroxyl groups excluding tert-OH is 2. The van der Waals surface area contributed by atoms with Crippen LogP contribution in [0.1, 0.15) is 29.2 Å². The molecule has 0 amide bonds. The van der Waals surface area contributed by atoms with E-state index in [0.29, 0.717) is 5.57 Å². The monoisotopic (exact) mass is 326 g/mol. The molecular formula is C20H22O4. The third kappa shape index (κ3) is 1.73. The summed E-state index contributed by atoms with van der Waals surface area (Å²) in [5, 5.41) is 20.5. The molecule has 1 aliphatic carbocycles. The van der Waals surface area contributed by atoms with E-state index in [9.17, 15) is 15.0 Å². The van der Waals surface area contributed by atoms with Crippen molar-refractivity contribution in [3.8, 4) is 0 Å². The zero-order chi connectivity index (χ0) is 17.4. The topological polar surface area (TPSA) is 66.8 Å². The molecule has 0 aromatic heterocycles. The third-order valence-electron chi connectivity index (χ3n) is 5.89. The molecule has 3 aliphatic rings. The smallest absolute Gasteiger partial charge is 0.174 e.